The minimum atomic E-state index is -0.143. The van der Waals surface area contributed by atoms with E-state index in [9.17, 15) is 0 Å². The molecule has 0 atom stereocenters. The largest absolute Gasteiger partial charge is 1.00 e. The minimum Gasteiger partial charge on any atom is -1.00 e. The number of aryl methyl sites for hydroxylation is 1. The zero-order chi connectivity index (χ0) is 52.7. The number of halogens is 2. The van der Waals surface area contributed by atoms with Crippen molar-refractivity contribution in [2.45, 2.75) is 33.6 Å². The quantitative estimate of drug-likeness (QED) is 0.0132. The summed E-state index contributed by atoms with van der Waals surface area (Å²) in [6, 6.07) is 0. The molecule has 0 saturated heterocycles. The van der Waals surface area contributed by atoms with Crippen LogP contribution in [-0.2, 0) is 19.3 Å². The van der Waals surface area contributed by atoms with E-state index < -0.39 is 0 Å². The number of guanidine groups is 1. The van der Waals surface area contributed by atoms with Gasteiger partial charge in [0.1, 0.15) is 17.5 Å². The number of H-pyrrole nitrogens is 6. The van der Waals surface area contributed by atoms with Crippen LogP contribution in [0.25, 0.3) is 9.95 Å². The summed E-state index contributed by atoms with van der Waals surface area (Å²) in [6.45, 7) is 2.87. The predicted molar refractivity (Wildman–Crippen MR) is 250 cm³/mol. The van der Waals surface area contributed by atoms with E-state index in [1.54, 1.807) is 6.92 Å². The smallest absolute Gasteiger partial charge is 0.585 e. The molecule has 25 N–H and O–H groups in total. The molecular formula is C28H45Cl2N47+2. The molecule has 47 nitrogen and oxygen atoms in total. The maximum atomic E-state index is 8.49. The topological polar surface area (TPSA) is 702 Å². The number of diazo groups is 2. The van der Waals surface area contributed by atoms with Gasteiger partial charge >= 0.3 is 23.8 Å². The lowest BCUT2D eigenvalue weighted by Gasteiger charge is -1.99. The van der Waals surface area contributed by atoms with Gasteiger partial charge in [-0.3, -0.25) is 48.2 Å². The van der Waals surface area contributed by atoms with Crippen LogP contribution >= 0.6 is 0 Å². The van der Waals surface area contributed by atoms with E-state index in [0.717, 1.165) is 5.71 Å². The summed E-state index contributed by atoms with van der Waals surface area (Å²) in [6.07, 6.45) is 0.779. The zero-order valence-corrected chi connectivity index (χ0v) is 40.3. The van der Waals surface area contributed by atoms with Gasteiger partial charge in [0.25, 0.3) is 23.8 Å². The fourth-order valence-corrected chi connectivity index (χ4v) is 4.73. The second kappa shape index (κ2) is 30.4. The molecule has 9 heterocycles. The number of hydrazone groups is 1. The molecule has 0 fully saturated rings. The molecule has 9 rings (SSSR count). The van der Waals surface area contributed by atoms with Crippen molar-refractivity contribution in [2.24, 2.45) is 17.4 Å². The Balaban J connectivity index is 0.000000285. The van der Waals surface area contributed by atoms with Crippen molar-refractivity contribution in [2.75, 3.05) is 52.9 Å². The van der Waals surface area contributed by atoms with E-state index in [0.29, 0.717) is 66.4 Å². The first-order chi connectivity index (χ1) is 35.9. The average Bonchev–Trinajstić information content (AvgIpc) is 4.30. The van der Waals surface area contributed by atoms with E-state index >= 15 is 0 Å². The van der Waals surface area contributed by atoms with Gasteiger partial charge < -0.3 is 46.9 Å². The fourth-order valence-electron chi connectivity index (χ4n) is 4.73. The molecular weight excluding hydrogens is 1070 g/mol. The highest BCUT2D eigenvalue weighted by Gasteiger charge is 2.19. The van der Waals surface area contributed by atoms with Crippen LogP contribution in [0.15, 0.2) is 0 Å². The van der Waals surface area contributed by atoms with Crippen LogP contribution in [0.2, 0.25) is 0 Å². The molecule has 0 aromatic carbocycles. The molecule has 0 aliphatic carbocycles. The van der Waals surface area contributed by atoms with Crippen LogP contribution in [0, 0.1) is 17.7 Å². The summed E-state index contributed by atoms with van der Waals surface area (Å²) in [5.41, 5.74) is 18.5. The summed E-state index contributed by atoms with van der Waals surface area (Å²) < 4.78 is 0. The Morgan fingerprint density at radius 3 is 1.49 bits per heavy atom. The van der Waals surface area contributed by atoms with Gasteiger partial charge in [-0.2, -0.15) is 41.1 Å². The molecule has 0 unspecified atom stereocenters. The van der Waals surface area contributed by atoms with Crippen LogP contribution in [0.4, 0.5) is 65.4 Å². The third-order valence-corrected chi connectivity index (χ3v) is 7.76. The number of nitrogens with one attached hydrogen (secondary N) is 13. The normalized spacial score (nSPS) is 10.1. The van der Waals surface area contributed by atoms with Gasteiger partial charge in [-0.25, -0.2) is 10.5 Å². The van der Waals surface area contributed by atoms with Gasteiger partial charge in [0, 0.05) is 10.2 Å². The summed E-state index contributed by atoms with van der Waals surface area (Å²) >= 11 is 0. The summed E-state index contributed by atoms with van der Waals surface area (Å²) in [7, 11) is 1.83. The fraction of sp³-hybridized carbons (Fsp3) is 0.286. The maximum Gasteiger partial charge on any atom is 0.585 e. The Hall–Kier alpha value is -11.5. The molecule has 0 aliphatic rings. The number of hydrogen-bond acceptors (Lipinski definition) is 35. The molecule has 9 aromatic rings. The Morgan fingerprint density at radius 1 is 0.571 bits per heavy atom. The molecule has 0 aliphatic heterocycles. The van der Waals surface area contributed by atoms with Crippen molar-refractivity contribution < 1.29 is 35.3 Å². The molecule has 0 amide bonds. The highest BCUT2D eigenvalue weighted by atomic mass is 35.5. The van der Waals surface area contributed by atoms with E-state index in [2.05, 4.69) is 199 Å². The number of anilines is 9. The van der Waals surface area contributed by atoms with Gasteiger partial charge in [0.05, 0.1) is 43.1 Å². The molecule has 49 heteroatoms. The lowest BCUT2D eigenvalue weighted by Crippen LogP contribution is -3.00. The molecule has 404 valence electrons. The number of nitrogen functional groups attached to an aromatic ring is 2. The van der Waals surface area contributed by atoms with E-state index in [-0.39, 0.29) is 110 Å². The van der Waals surface area contributed by atoms with Crippen molar-refractivity contribution in [3.63, 3.8) is 0 Å². The van der Waals surface area contributed by atoms with Crippen LogP contribution < -0.4 is 96.2 Å². The molecule has 77 heavy (non-hydrogen) atoms. The van der Waals surface area contributed by atoms with Gasteiger partial charge in [0.15, 0.2) is 23.2 Å². The maximum absolute atomic E-state index is 8.49. The second-order valence-electron chi connectivity index (χ2n) is 13.4. The van der Waals surface area contributed by atoms with Crippen molar-refractivity contribution in [1.29, 1.82) is 10.8 Å². The van der Waals surface area contributed by atoms with Gasteiger partial charge in [-0.1, -0.05) is 7.43 Å². The summed E-state index contributed by atoms with van der Waals surface area (Å²) in [4.78, 5) is 29.3. The predicted octanol–water partition coefficient (Wildman–Crippen LogP) is -14.9. The summed E-state index contributed by atoms with van der Waals surface area (Å²) in [5.74, 6) is 14.5. The van der Waals surface area contributed by atoms with Gasteiger partial charge in [-0.15, -0.1) is 81.6 Å². The molecule has 0 saturated carbocycles. The SMILES string of the molecule is C.CNCC(=[NH2+])CNc1n[nH]c(Cc2nnc(Nc3n[nH]c(C)n3)nn2)n1.N#[N+]c1n[nH]c(Cc2nnc(Nc3nc([N+]#N)n[nH]3)nn2)n1.NNC(N)=[NH+]N.Nc1n[nH]c(Cc2nnc(Nc3n[nH]c(N)n3)nn2)n1.[Cl-].[Cl-]. The van der Waals surface area contributed by atoms with Crippen LogP contribution in [-0.4, -0.2) is 184 Å². The number of aromatic amines is 6. The van der Waals surface area contributed by atoms with Crippen LogP contribution in [0.5, 0.6) is 0 Å². The number of nitrogens with two attached hydrogens (primary N) is 6. The van der Waals surface area contributed by atoms with Crippen LogP contribution in [0.1, 0.15) is 48.2 Å². The number of hydrogen-bond donors (Lipinski definition) is 19. The first kappa shape index (κ1) is 59.8. The zero-order valence-electron chi connectivity index (χ0n) is 38.8. The second-order valence-corrected chi connectivity index (χ2v) is 13.4. The summed E-state index contributed by atoms with van der Waals surface area (Å²) in [5, 5.41) is 124. The Bertz CT molecular complexity index is 3110. The third kappa shape index (κ3) is 19.9. The third-order valence-electron chi connectivity index (χ3n) is 7.76. The van der Waals surface area contributed by atoms with Crippen molar-refractivity contribution >= 4 is 77.1 Å². The number of hydrazine groups is 2. The van der Waals surface area contributed by atoms with E-state index in [4.69, 9.17) is 45.1 Å². The Kier molecular flexibility index (Phi) is 23.6. The van der Waals surface area contributed by atoms with Gasteiger partial charge in [0.2, 0.25) is 29.6 Å². The lowest BCUT2D eigenvalue weighted by atomic mass is 10.4. The minimum absolute atomic E-state index is 0. The van der Waals surface area contributed by atoms with E-state index in [1.165, 1.54) is 0 Å². The molecule has 0 bridgehead atoms. The van der Waals surface area contributed by atoms with Crippen molar-refractivity contribution in [3.8, 4) is 0 Å². The number of nitrogens with zero attached hydrogens (tertiary/aromatic N) is 28. The monoisotopic (exact) mass is 1110 g/mol. The molecule has 0 radical (unpaired) electrons. The highest BCUT2D eigenvalue weighted by Crippen LogP contribution is 2.11. The standard InChI is InChI=1S/C12H18N14.C7H4N15.C7H9N13.CH7N5.CH4.2ClH/c1-6-16-11(24-19-6)18-12-25-21-9(22-26-12)3-8-17-10(23-20-8)15-5-7(13)4-14-2;8-13-5-10-2(15-19-5)1-3-16-21-7(22-17-3)12-4-11-6(14-9)20-18-4;8-4-10-2(13-16-4)1-3-14-19-7(20-15-3)12-6-11-5(9)17-18-6;2-1(5-3)6-4;;;/h13-14H,3-5H2,1-2H3,(H2,15,17,20,23)(H2,16,18,19,24,25,26);8H,1H2,(H,10,15,19);1H2,(H3,8,10,13,16)(H4,9,11,12,17,18,19,20);3-4H2,(H3,2,5,6);1H4;2*1H/q;+1;;;;;/p+1. The van der Waals surface area contributed by atoms with Gasteiger partial charge in [-0.05, 0) is 33.9 Å². The average molecular weight is 1110 g/mol. The first-order valence-corrected chi connectivity index (χ1v) is 20.1. The highest BCUT2D eigenvalue weighted by molar-refractivity contribution is 5.84. The van der Waals surface area contributed by atoms with Crippen LogP contribution in [0.3, 0.4) is 0 Å². The molecule has 0 spiro atoms. The lowest BCUT2D eigenvalue weighted by molar-refractivity contribution is -0.472. The van der Waals surface area contributed by atoms with Crippen molar-refractivity contribution in [3.05, 3.63) is 50.7 Å². The van der Waals surface area contributed by atoms with E-state index in [1.807, 2.05) is 7.05 Å². The first-order valence-electron chi connectivity index (χ1n) is 20.1. The number of rotatable bonds is 17. The number of aromatic nitrogens is 30. The van der Waals surface area contributed by atoms with Crippen molar-refractivity contribution in [1.82, 2.24) is 163 Å². The Labute approximate surface area is 439 Å². The Morgan fingerprint density at radius 2 is 1.05 bits per heavy atom. The molecule has 9 aromatic heterocycles.